The molecule has 0 saturated heterocycles. The van der Waals surface area contributed by atoms with Crippen LogP contribution in [0.4, 0.5) is 0 Å². The molecule has 0 N–H and O–H groups in total. The lowest BCUT2D eigenvalue weighted by Crippen LogP contribution is -2.13. The molecule has 0 radical (unpaired) electrons. The van der Waals surface area contributed by atoms with Gasteiger partial charge in [0.25, 0.3) is 0 Å². The van der Waals surface area contributed by atoms with Crippen molar-refractivity contribution in [1.29, 1.82) is 0 Å². The highest BCUT2D eigenvalue weighted by molar-refractivity contribution is 7.55. The van der Waals surface area contributed by atoms with Gasteiger partial charge in [0.05, 0.1) is 30.1 Å². The van der Waals surface area contributed by atoms with Crippen LogP contribution in [0.15, 0.2) is 89.5 Å². The molecule has 0 amide bonds. The van der Waals surface area contributed by atoms with E-state index >= 15 is 0 Å². The second-order valence-corrected chi connectivity index (χ2v) is 7.57. The summed E-state index contributed by atoms with van der Waals surface area (Å²) in [5.74, 6) is 0.879. The normalized spacial score (nSPS) is 11.7. The molecule has 4 heteroatoms. The standard InChI is InChI=1S/C23H18NO2P/c1-25-21-13-6-12-20(23(21)27-22-14-7-15-26-22)24-18-10-4-2-8-16(18)17-9-3-5-11-19(17)24/h2-15,27H,1H3. The summed E-state index contributed by atoms with van der Waals surface area (Å²) in [5, 5.41) is 3.65. The first-order valence-electron chi connectivity index (χ1n) is 8.83. The zero-order valence-electron chi connectivity index (χ0n) is 14.8. The zero-order valence-corrected chi connectivity index (χ0v) is 15.8. The van der Waals surface area contributed by atoms with Crippen LogP contribution in [0.3, 0.4) is 0 Å². The van der Waals surface area contributed by atoms with Crippen molar-refractivity contribution >= 4 is 41.2 Å². The zero-order chi connectivity index (χ0) is 18.2. The van der Waals surface area contributed by atoms with Crippen LogP contribution in [0.2, 0.25) is 0 Å². The van der Waals surface area contributed by atoms with E-state index in [0.717, 1.165) is 22.2 Å². The number of para-hydroxylation sites is 2. The smallest absolute Gasteiger partial charge is 0.128 e. The third-order valence-corrected chi connectivity index (χ3v) is 6.10. The number of hydrogen-bond donors (Lipinski definition) is 0. The van der Waals surface area contributed by atoms with E-state index in [0.29, 0.717) is 8.58 Å². The number of furan rings is 1. The first kappa shape index (κ1) is 16.2. The van der Waals surface area contributed by atoms with Crippen molar-refractivity contribution in [2.24, 2.45) is 0 Å². The second kappa shape index (κ2) is 6.61. The number of rotatable bonds is 4. The van der Waals surface area contributed by atoms with E-state index in [1.54, 1.807) is 13.4 Å². The molecule has 27 heavy (non-hydrogen) atoms. The van der Waals surface area contributed by atoms with Crippen LogP contribution in [0, 0.1) is 0 Å². The average molecular weight is 371 g/mol. The van der Waals surface area contributed by atoms with Crippen LogP contribution in [-0.2, 0) is 0 Å². The minimum atomic E-state index is 0.373. The highest BCUT2D eigenvalue weighted by atomic mass is 31.1. The molecule has 5 rings (SSSR count). The van der Waals surface area contributed by atoms with Gasteiger partial charge in [0.2, 0.25) is 0 Å². The largest absolute Gasteiger partial charge is 0.496 e. The Bertz CT molecular complexity index is 1180. The highest BCUT2D eigenvalue weighted by Crippen LogP contribution is 2.34. The van der Waals surface area contributed by atoms with Gasteiger partial charge in [-0.05, 0) is 45.0 Å². The molecule has 3 aromatic carbocycles. The highest BCUT2D eigenvalue weighted by Gasteiger charge is 2.17. The summed E-state index contributed by atoms with van der Waals surface area (Å²) in [6.45, 7) is 0. The van der Waals surface area contributed by atoms with Crippen molar-refractivity contribution in [1.82, 2.24) is 4.57 Å². The number of aromatic nitrogens is 1. The predicted molar refractivity (Wildman–Crippen MR) is 114 cm³/mol. The monoisotopic (exact) mass is 371 g/mol. The van der Waals surface area contributed by atoms with Crippen molar-refractivity contribution in [2.75, 3.05) is 7.11 Å². The lowest BCUT2D eigenvalue weighted by molar-refractivity contribution is 0.418. The van der Waals surface area contributed by atoms with Crippen molar-refractivity contribution in [2.45, 2.75) is 0 Å². The quantitative estimate of drug-likeness (QED) is 0.415. The topological polar surface area (TPSA) is 27.3 Å². The Labute approximate surface area is 159 Å². The Kier molecular flexibility index (Phi) is 3.95. The summed E-state index contributed by atoms with van der Waals surface area (Å²) >= 11 is 0. The molecule has 2 heterocycles. The summed E-state index contributed by atoms with van der Waals surface area (Å²) < 4.78 is 13.7. The molecule has 3 nitrogen and oxygen atoms in total. The van der Waals surface area contributed by atoms with Crippen LogP contribution in [0.25, 0.3) is 27.5 Å². The first-order valence-corrected chi connectivity index (χ1v) is 9.83. The molecular weight excluding hydrogens is 353 g/mol. The van der Waals surface area contributed by atoms with Gasteiger partial charge in [0.15, 0.2) is 0 Å². The summed E-state index contributed by atoms with van der Waals surface area (Å²) in [6, 6.07) is 27.3. The summed E-state index contributed by atoms with van der Waals surface area (Å²) in [5.41, 5.74) is 4.46. The molecule has 5 aromatic rings. The SMILES string of the molecule is COc1cccc(-n2c3ccccc3c3ccccc32)c1Pc1ccco1. The number of ether oxygens (including phenoxy) is 1. The van der Waals surface area contributed by atoms with E-state index in [1.807, 2.05) is 24.3 Å². The third-order valence-electron chi connectivity index (χ3n) is 4.81. The van der Waals surface area contributed by atoms with Crippen LogP contribution in [0.1, 0.15) is 0 Å². The third kappa shape index (κ3) is 2.63. The van der Waals surface area contributed by atoms with Gasteiger partial charge in [-0.1, -0.05) is 42.5 Å². The Balaban J connectivity index is 1.85. The van der Waals surface area contributed by atoms with Gasteiger partial charge < -0.3 is 13.7 Å². The van der Waals surface area contributed by atoms with Gasteiger partial charge in [0.1, 0.15) is 11.3 Å². The number of hydrogen-bond acceptors (Lipinski definition) is 2. The molecule has 0 spiro atoms. The van der Waals surface area contributed by atoms with Crippen molar-refractivity contribution in [3.8, 4) is 11.4 Å². The van der Waals surface area contributed by atoms with E-state index in [2.05, 4.69) is 59.2 Å². The first-order chi connectivity index (χ1) is 13.4. The van der Waals surface area contributed by atoms with Gasteiger partial charge in [-0.3, -0.25) is 0 Å². The van der Waals surface area contributed by atoms with Crippen LogP contribution in [-0.4, -0.2) is 11.7 Å². The van der Waals surface area contributed by atoms with E-state index in [9.17, 15) is 0 Å². The maximum Gasteiger partial charge on any atom is 0.128 e. The van der Waals surface area contributed by atoms with E-state index in [-0.39, 0.29) is 0 Å². The average Bonchev–Trinajstić information content (AvgIpc) is 3.34. The Morgan fingerprint density at radius 2 is 1.48 bits per heavy atom. The molecule has 1 atom stereocenters. The summed E-state index contributed by atoms with van der Waals surface area (Å²) in [7, 11) is 2.10. The fraction of sp³-hybridized carbons (Fsp3) is 0.0435. The summed E-state index contributed by atoms with van der Waals surface area (Å²) in [4.78, 5) is 0. The summed E-state index contributed by atoms with van der Waals surface area (Å²) in [6.07, 6.45) is 1.72. The van der Waals surface area contributed by atoms with Crippen LogP contribution < -0.4 is 15.5 Å². The molecule has 0 bridgehead atoms. The number of nitrogens with zero attached hydrogens (tertiary/aromatic N) is 1. The van der Waals surface area contributed by atoms with Gasteiger partial charge in [0, 0.05) is 16.1 Å². The molecule has 2 aromatic heterocycles. The fourth-order valence-corrected chi connectivity index (χ4v) is 4.84. The van der Waals surface area contributed by atoms with Crippen molar-refractivity contribution in [3.05, 3.63) is 85.1 Å². The minimum Gasteiger partial charge on any atom is -0.496 e. The van der Waals surface area contributed by atoms with Gasteiger partial charge in [-0.25, -0.2) is 0 Å². The Hall–Kier alpha value is -3.03. The minimum absolute atomic E-state index is 0.373. The maximum absolute atomic E-state index is 5.71. The molecular formula is C23H18NO2P. The number of benzene rings is 3. The fourth-order valence-electron chi connectivity index (χ4n) is 3.66. The van der Waals surface area contributed by atoms with Crippen molar-refractivity contribution < 1.29 is 9.15 Å². The molecule has 0 fully saturated rings. The van der Waals surface area contributed by atoms with Crippen LogP contribution in [0.5, 0.6) is 5.75 Å². The molecule has 0 aliphatic heterocycles. The predicted octanol–water partition coefficient (Wildman–Crippen LogP) is 5.01. The Morgan fingerprint density at radius 3 is 2.11 bits per heavy atom. The Morgan fingerprint density at radius 1 is 0.778 bits per heavy atom. The van der Waals surface area contributed by atoms with E-state index < -0.39 is 0 Å². The van der Waals surface area contributed by atoms with E-state index in [4.69, 9.17) is 9.15 Å². The molecule has 132 valence electrons. The number of methoxy groups -OCH3 is 1. The van der Waals surface area contributed by atoms with Crippen molar-refractivity contribution in [3.63, 3.8) is 0 Å². The van der Waals surface area contributed by atoms with Crippen LogP contribution >= 0.6 is 8.58 Å². The van der Waals surface area contributed by atoms with E-state index in [1.165, 1.54) is 21.8 Å². The number of fused-ring (bicyclic) bond motifs is 3. The molecule has 0 aliphatic rings. The molecule has 1 unspecified atom stereocenters. The lowest BCUT2D eigenvalue weighted by atomic mass is 10.2. The second-order valence-electron chi connectivity index (χ2n) is 6.33. The lowest BCUT2D eigenvalue weighted by Gasteiger charge is -2.16. The van der Waals surface area contributed by atoms with Gasteiger partial charge in [-0.2, -0.15) is 0 Å². The molecule has 0 saturated carbocycles. The van der Waals surface area contributed by atoms with Gasteiger partial charge in [-0.15, -0.1) is 0 Å². The maximum atomic E-state index is 5.71. The molecule has 0 aliphatic carbocycles. The van der Waals surface area contributed by atoms with Gasteiger partial charge >= 0.3 is 0 Å².